The zero-order valence-corrected chi connectivity index (χ0v) is 12.5. The smallest absolute Gasteiger partial charge is 0.225 e. The van der Waals surface area contributed by atoms with Crippen LogP contribution in [0.4, 0.5) is 0 Å². The van der Waals surface area contributed by atoms with Crippen molar-refractivity contribution in [3.8, 4) is 0 Å². The van der Waals surface area contributed by atoms with E-state index in [4.69, 9.17) is 0 Å². The molecular formula is C16H23ClN2O. The number of hydrogen-bond donors (Lipinski definition) is 2. The molecule has 1 aliphatic carbocycles. The van der Waals surface area contributed by atoms with Crippen LogP contribution in [0.3, 0.4) is 0 Å². The van der Waals surface area contributed by atoms with Gasteiger partial charge in [-0.05, 0) is 18.4 Å². The number of rotatable bonds is 4. The summed E-state index contributed by atoms with van der Waals surface area (Å²) in [5.74, 6) is 0.412. The third-order valence-electron chi connectivity index (χ3n) is 4.70. The van der Waals surface area contributed by atoms with E-state index in [2.05, 4.69) is 41.0 Å². The average Bonchev–Trinajstić information content (AvgIpc) is 2.85. The Hall–Kier alpha value is -1.06. The predicted molar refractivity (Wildman–Crippen MR) is 83.2 cm³/mol. The molecule has 2 fully saturated rings. The fourth-order valence-electron chi connectivity index (χ4n) is 3.29. The molecule has 1 saturated heterocycles. The lowest BCUT2D eigenvalue weighted by Crippen LogP contribution is -2.52. The molecule has 20 heavy (non-hydrogen) atoms. The minimum Gasteiger partial charge on any atom is -0.355 e. The Bertz CT molecular complexity index is 439. The van der Waals surface area contributed by atoms with Crippen molar-refractivity contribution < 1.29 is 4.79 Å². The molecule has 1 aromatic carbocycles. The van der Waals surface area contributed by atoms with E-state index in [1.54, 1.807) is 0 Å². The Morgan fingerprint density at radius 2 is 1.85 bits per heavy atom. The second kappa shape index (κ2) is 6.59. The van der Waals surface area contributed by atoms with E-state index in [9.17, 15) is 4.79 Å². The highest BCUT2D eigenvalue weighted by atomic mass is 35.5. The Kier molecular flexibility index (Phi) is 5.06. The van der Waals surface area contributed by atoms with Crippen LogP contribution in [0.15, 0.2) is 30.3 Å². The first-order chi connectivity index (χ1) is 9.30. The maximum absolute atomic E-state index is 12.0. The van der Waals surface area contributed by atoms with E-state index in [1.165, 1.54) is 31.2 Å². The minimum absolute atomic E-state index is 0. The van der Waals surface area contributed by atoms with Gasteiger partial charge in [-0.1, -0.05) is 43.2 Å². The molecule has 0 unspecified atom stereocenters. The molecule has 0 atom stereocenters. The molecule has 1 aromatic rings. The summed E-state index contributed by atoms with van der Waals surface area (Å²) in [6, 6.07) is 10.7. The van der Waals surface area contributed by atoms with Crippen molar-refractivity contribution in [1.82, 2.24) is 10.6 Å². The van der Waals surface area contributed by atoms with Crippen molar-refractivity contribution in [2.45, 2.75) is 31.1 Å². The summed E-state index contributed by atoms with van der Waals surface area (Å²) in [4.78, 5) is 12.0. The zero-order valence-electron chi connectivity index (χ0n) is 11.7. The Morgan fingerprint density at radius 3 is 2.40 bits per heavy atom. The van der Waals surface area contributed by atoms with Crippen LogP contribution in [-0.4, -0.2) is 25.5 Å². The van der Waals surface area contributed by atoms with Crippen LogP contribution in [0, 0.1) is 5.92 Å². The van der Waals surface area contributed by atoms with Gasteiger partial charge in [0.25, 0.3) is 0 Å². The second-order valence-electron chi connectivity index (χ2n) is 5.93. The molecule has 3 rings (SSSR count). The molecule has 1 heterocycles. The molecule has 3 nitrogen and oxygen atoms in total. The number of carbonyl (C=O) groups is 1. The molecule has 0 radical (unpaired) electrons. The van der Waals surface area contributed by atoms with E-state index in [-0.39, 0.29) is 29.6 Å². The van der Waals surface area contributed by atoms with Gasteiger partial charge < -0.3 is 10.6 Å². The van der Waals surface area contributed by atoms with Crippen molar-refractivity contribution in [1.29, 1.82) is 0 Å². The van der Waals surface area contributed by atoms with Crippen LogP contribution in [0.2, 0.25) is 0 Å². The van der Waals surface area contributed by atoms with Gasteiger partial charge in [-0.25, -0.2) is 0 Å². The number of nitrogens with one attached hydrogen (secondary N) is 2. The van der Waals surface area contributed by atoms with Crippen LogP contribution in [0.1, 0.15) is 31.2 Å². The molecule has 1 amide bonds. The second-order valence-corrected chi connectivity index (χ2v) is 5.93. The van der Waals surface area contributed by atoms with Crippen molar-refractivity contribution >= 4 is 18.3 Å². The summed E-state index contributed by atoms with van der Waals surface area (Å²) < 4.78 is 0. The molecule has 0 spiro atoms. The van der Waals surface area contributed by atoms with Gasteiger partial charge in [0, 0.05) is 25.0 Å². The highest BCUT2D eigenvalue weighted by molar-refractivity contribution is 5.85. The normalized spacial score (nSPS) is 20.8. The molecular weight excluding hydrogens is 272 g/mol. The lowest BCUT2D eigenvalue weighted by Gasteiger charge is -2.32. The van der Waals surface area contributed by atoms with Crippen LogP contribution < -0.4 is 10.6 Å². The first-order valence-corrected chi connectivity index (χ1v) is 7.34. The summed E-state index contributed by atoms with van der Waals surface area (Å²) in [6.07, 6.45) is 4.94. The summed E-state index contributed by atoms with van der Waals surface area (Å²) in [5, 5.41) is 6.34. The van der Waals surface area contributed by atoms with Gasteiger partial charge in [-0.3, -0.25) is 4.79 Å². The Balaban J connectivity index is 0.00000147. The van der Waals surface area contributed by atoms with E-state index < -0.39 is 0 Å². The van der Waals surface area contributed by atoms with Gasteiger partial charge in [0.05, 0.1) is 5.92 Å². The summed E-state index contributed by atoms with van der Waals surface area (Å²) in [7, 11) is 0. The maximum Gasteiger partial charge on any atom is 0.225 e. The lowest BCUT2D eigenvalue weighted by molar-refractivity contribution is -0.126. The minimum atomic E-state index is 0. The van der Waals surface area contributed by atoms with Crippen LogP contribution in [0.5, 0.6) is 0 Å². The van der Waals surface area contributed by atoms with Gasteiger partial charge >= 0.3 is 0 Å². The number of amides is 1. The Morgan fingerprint density at radius 1 is 1.20 bits per heavy atom. The quantitative estimate of drug-likeness (QED) is 0.894. The molecule has 0 aromatic heterocycles. The van der Waals surface area contributed by atoms with Crippen LogP contribution >= 0.6 is 12.4 Å². The molecule has 0 bridgehead atoms. The van der Waals surface area contributed by atoms with Crippen molar-refractivity contribution in [2.75, 3.05) is 19.6 Å². The number of halogens is 1. The predicted octanol–water partition coefficient (Wildman–Crippen LogP) is 2.26. The molecule has 2 aliphatic rings. The SMILES string of the molecule is Cl.O=C(NCC1(c2ccccc2)CCCC1)C1CNC1. The van der Waals surface area contributed by atoms with Crippen molar-refractivity contribution in [2.24, 2.45) is 5.92 Å². The van der Waals surface area contributed by atoms with Crippen LogP contribution in [-0.2, 0) is 10.2 Å². The molecule has 2 N–H and O–H groups in total. The molecule has 4 heteroatoms. The van der Waals surface area contributed by atoms with E-state index in [0.29, 0.717) is 0 Å². The summed E-state index contributed by atoms with van der Waals surface area (Å²) in [6.45, 7) is 2.47. The fourth-order valence-corrected chi connectivity index (χ4v) is 3.29. The van der Waals surface area contributed by atoms with Gasteiger partial charge in [0.2, 0.25) is 5.91 Å². The van der Waals surface area contributed by atoms with Gasteiger partial charge in [-0.2, -0.15) is 0 Å². The topological polar surface area (TPSA) is 41.1 Å². The van der Waals surface area contributed by atoms with Crippen molar-refractivity contribution in [3.05, 3.63) is 35.9 Å². The average molecular weight is 295 g/mol. The number of hydrogen-bond acceptors (Lipinski definition) is 2. The monoisotopic (exact) mass is 294 g/mol. The summed E-state index contributed by atoms with van der Waals surface area (Å²) >= 11 is 0. The first kappa shape index (κ1) is 15.3. The highest BCUT2D eigenvalue weighted by Gasteiger charge is 2.36. The Labute approximate surface area is 126 Å². The van der Waals surface area contributed by atoms with Gasteiger partial charge in [0.15, 0.2) is 0 Å². The number of benzene rings is 1. The third-order valence-corrected chi connectivity index (χ3v) is 4.70. The van der Waals surface area contributed by atoms with Gasteiger partial charge in [0.1, 0.15) is 0 Å². The number of carbonyl (C=O) groups excluding carboxylic acids is 1. The van der Waals surface area contributed by atoms with Crippen LogP contribution in [0.25, 0.3) is 0 Å². The maximum atomic E-state index is 12.0. The first-order valence-electron chi connectivity index (χ1n) is 7.34. The summed E-state index contributed by atoms with van der Waals surface area (Å²) in [5.41, 5.74) is 1.56. The third kappa shape index (κ3) is 2.99. The highest BCUT2D eigenvalue weighted by Crippen LogP contribution is 2.40. The molecule has 110 valence electrons. The molecule has 1 aliphatic heterocycles. The van der Waals surface area contributed by atoms with Crippen molar-refractivity contribution in [3.63, 3.8) is 0 Å². The lowest BCUT2D eigenvalue weighted by atomic mass is 9.78. The van der Waals surface area contributed by atoms with E-state index in [0.717, 1.165) is 19.6 Å². The van der Waals surface area contributed by atoms with E-state index in [1.807, 2.05) is 0 Å². The van der Waals surface area contributed by atoms with E-state index >= 15 is 0 Å². The standard InChI is InChI=1S/C16H22N2O.ClH/c19-15(13-10-17-11-13)18-12-16(8-4-5-9-16)14-6-2-1-3-7-14;/h1-3,6-7,13,17H,4-5,8-12H2,(H,18,19);1H. The molecule has 1 saturated carbocycles. The zero-order chi connectivity index (χ0) is 13.1. The fraction of sp³-hybridized carbons (Fsp3) is 0.562. The van der Waals surface area contributed by atoms with Gasteiger partial charge in [-0.15, -0.1) is 12.4 Å². The largest absolute Gasteiger partial charge is 0.355 e.